The van der Waals surface area contributed by atoms with E-state index < -0.39 is 11.6 Å². The summed E-state index contributed by atoms with van der Waals surface area (Å²) in [5.41, 5.74) is 3.95. The molecule has 4 heterocycles. The van der Waals surface area contributed by atoms with Crippen LogP contribution in [-0.4, -0.2) is 68.3 Å². The summed E-state index contributed by atoms with van der Waals surface area (Å²) in [4.78, 5) is 17.9. The Morgan fingerprint density at radius 3 is 2.73 bits per heavy atom. The molecule has 1 aromatic carbocycles. The van der Waals surface area contributed by atoms with Gasteiger partial charge >= 0.3 is 0 Å². The number of nitrogens with one attached hydrogen (secondary N) is 1. The molecule has 1 saturated carbocycles. The van der Waals surface area contributed by atoms with E-state index in [2.05, 4.69) is 50.3 Å². The summed E-state index contributed by atoms with van der Waals surface area (Å²) in [5.74, 6) is 0.0764. The Hall–Kier alpha value is -3.50. The molecule has 1 fully saturated rings. The molecule has 1 N–H and O–H groups in total. The second-order valence-corrected chi connectivity index (χ2v) is 10.3. The number of aryl methyl sites for hydroxylation is 1. The Kier molecular flexibility index (Phi) is 6.08. The van der Waals surface area contributed by atoms with E-state index in [-0.39, 0.29) is 11.6 Å². The molecular weight excluding hydrogens is 474 g/mol. The number of nitrogens with zero attached hydrogens (tertiary/aromatic N) is 7. The monoisotopic (exact) mass is 504 g/mol. The highest BCUT2D eigenvalue weighted by molar-refractivity contribution is 5.87. The van der Waals surface area contributed by atoms with E-state index in [1.807, 2.05) is 13.1 Å². The largest absolute Gasteiger partial charge is 0.309 e. The van der Waals surface area contributed by atoms with Gasteiger partial charge in [-0.05, 0) is 50.7 Å². The van der Waals surface area contributed by atoms with Gasteiger partial charge in [-0.1, -0.05) is 6.07 Å². The first-order valence-corrected chi connectivity index (χ1v) is 12.7. The van der Waals surface area contributed by atoms with Crippen molar-refractivity contribution in [1.29, 1.82) is 0 Å². The summed E-state index contributed by atoms with van der Waals surface area (Å²) in [5, 5.41) is 8.17. The first-order valence-electron chi connectivity index (χ1n) is 12.7. The fourth-order valence-corrected chi connectivity index (χ4v) is 5.07. The van der Waals surface area contributed by atoms with Crippen LogP contribution in [0.25, 0.3) is 22.2 Å². The van der Waals surface area contributed by atoms with Crippen LogP contribution >= 0.6 is 0 Å². The molecule has 0 saturated heterocycles. The molecule has 0 spiro atoms. The minimum Gasteiger partial charge on any atom is -0.309 e. The number of benzene rings is 1. The van der Waals surface area contributed by atoms with Gasteiger partial charge in [0.1, 0.15) is 17.0 Å². The van der Waals surface area contributed by atoms with Crippen molar-refractivity contribution in [3.8, 4) is 11.3 Å². The number of likely N-dealkylation sites (N-methyl/N-ethyl adjacent to an activating group) is 1. The molecule has 6 rings (SSSR count). The van der Waals surface area contributed by atoms with E-state index in [4.69, 9.17) is 4.98 Å². The van der Waals surface area contributed by atoms with Crippen molar-refractivity contribution in [1.82, 2.24) is 34.5 Å². The second-order valence-electron chi connectivity index (χ2n) is 10.3. The van der Waals surface area contributed by atoms with Crippen LogP contribution in [-0.2, 0) is 20.0 Å². The summed E-state index contributed by atoms with van der Waals surface area (Å²) in [6.07, 6.45) is 4.08. The molecule has 1 aliphatic carbocycles. The summed E-state index contributed by atoms with van der Waals surface area (Å²) in [7, 11) is 5.99. The van der Waals surface area contributed by atoms with Gasteiger partial charge in [-0.2, -0.15) is 5.10 Å². The summed E-state index contributed by atoms with van der Waals surface area (Å²) in [6, 6.07) is 7.04. The van der Waals surface area contributed by atoms with Gasteiger partial charge in [0.15, 0.2) is 11.6 Å². The zero-order chi connectivity index (χ0) is 25.7. The minimum atomic E-state index is -0.614. The van der Waals surface area contributed by atoms with Gasteiger partial charge in [0.25, 0.3) is 0 Å². The number of halogens is 2. The molecule has 0 bridgehead atoms. The highest BCUT2D eigenvalue weighted by Crippen LogP contribution is 2.44. The first-order chi connectivity index (χ1) is 17.9. The van der Waals surface area contributed by atoms with Crippen LogP contribution in [0, 0.1) is 11.6 Å². The number of anilines is 2. The molecule has 0 atom stereocenters. The fraction of sp³-hybridized carbons (Fsp3) is 0.407. The molecule has 0 unspecified atom stereocenters. The second kappa shape index (κ2) is 9.42. The Morgan fingerprint density at radius 1 is 1.11 bits per heavy atom. The lowest BCUT2D eigenvalue weighted by Crippen LogP contribution is -2.36. The highest BCUT2D eigenvalue weighted by atomic mass is 19.1. The van der Waals surface area contributed by atoms with Crippen molar-refractivity contribution < 1.29 is 8.78 Å². The van der Waals surface area contributed by atoms with Crippen molar-refractivity contribution in [2.24, 2.45) is 7.05 Å². The molecular formula is C27H30F2N8. The zero-order valence-corrected chi connectivity index (χ0v) is 21.3. The molecule has 10 heteroatoms. The van der Waals surface area contributed by atoms with Crippen molar-refractivity contribution in [3.63, 3.8) is 0 Å². The third-order valence-corrected chi connectivity index (χ3v) is 7.15. The molecule has 8 nitrogen and oxygen atoms in total. The lowest BCUT2D eigenvalue weighted by Gasteiger charge is -2.29. The third-order valence-electron chi connectivity index (χ3n) is 7.15. The average molecular weight is 505 g/mol. The number of rotatable bonds is 7. The molecule has 192 valence electrons. The molecule has 1 aliphatic heterocycles. The highest BCUT2D eigenvalue weighted by Gasteiger charge is 2.30. The van der Waals surface area contributed by atoms with Gasteiger partial charge < -0.3 is 10.2 Å². The van der Waals surface area contributed by atoms with Crippen LogP contribution in [0.3, 0.4) is 0 Å². The molecule has 0 amide bonds. The van der Waals surface area contributed by atoms with E-state index in [1.165, 1.54) is 11.6 Å². The van der Waals surface area contributed by atoms with E-state index in [0.29, 0.717) is 28.2 Å². The summed E-state index contributed by atoms with van der Waals surface area (Å²) < 4.78 is 31.6. The summed E-state index contributed by atoms with van der Waals surface area (Å²) in [6.45, 7) is 3.87. The summed E-state index contributed by atoms with van der Waals surface area (Å²) >= 11 is 0. The van der Waals surface area contributed by atoms with Crippen molar-refractivity contribution in [2.45, 2.75) is 31.7 Å². The number of fused-ring (bicyclic) bond motifs is 2. The Labute approximate surface area is 214 Å². The molecule has 0 radical (unpaired) electrons. The SMILES string of the molecule is CN(C)CCN1CCc2nc(Nc3ncc(F)c(-c4cc(F)c5nn(C)c(C6CC6)c5c4)n3)ccc2C1. The Balaban J connectivity index is 1.26. The molecule has 2 aliphatic rings. The number of aromatic nitrogens is 5. The molecule has 4 aromatic rings. The standard InChI is InChI=1S/C27H30F2N8/c1-35(2)10-11-37-9-8-22-17(15-37)6-7-23(31-22)32-27-30-14-21(29)24(33-27)18-12-19-25(20(28)13-18)34-36(3)26(19)16-4-5-16/h6-7,12-14,16H,4-5,8-11,15H2,1-3H3,(H,30,31,32,33). The van der Waals surface area contributed by atoms with Gasteiger partial charge in [0.05, 0.1) is 6.20 Å². The Bertz CT molecular complexity index is 1480. The molecule has 3 aromatic heterocycles. The van der Waals surface area contributed by atoms with Crippen LogP contribution in [0.4, 0.5) is 20.5 Å². The normalized spacial score (nSPS) is 15.9. The predicted molar refractivity (Wildman–Crippen MR) is 139 cm³/mol. The third kappa shape index (κ3) is 4.78. The van der Waals surface area contributed by atoms with Gasteiger partial charge in [0.2, 0.25) is 5.95 Å². The van der Waals surface area contributed by atoms with E-state index >= 15 is 0 Å². The maximum absolute atomic E-state index is 15.0. The van der Waals surface area contributed by atoms with Crippen molar-refractivity contribution in [2.75, 3.05) is 39.0 Å². The minimum absolute atomic E-state index is 0.0402. The van der Waals surface area contributed by atoms with Crippen molar-refractivity contribution >= 4 is 22.7 Å². The van der Waals surface area contributed by atoms with Crippen LogP contribution < -0.4 is 5.32 Å². The lowest BCUT2D eigenvalue weighted by molar-refractivity contribution is 0.224. The lowest BCUT2D eigenvalue weighted by atomic mass is 10.1. The van der Waals surface area contributed by atoms with Gasteiger partial charge in [-0.15, -0.1) is 0 Å². The first kappa shape index (κ1) is 23.9. The maximum atomic E-state index is 15.0. The van der Waals surface area contributed by atoms with Crippen LogP contribution in [0.5, 0.6) is 0 Å². The van der Waals surface area contributed by atoms with E-state index in [9.17, 15) is 8.78 Å². The van der Waals surface area contributed by atoms with E-state index in [1.54, 1.807) is 10.7 Å². The topological polar surface area (TPSA) is 75.0 Å². The Morgan fingerprint density at radius 2 is 1.95 bits per heavy atom. The number of hydrogen-bond donors (Lipinski definition) is 1. The van der Waals surface area contributed by atoms with Crippen LogP contribution in [0.2, 0.25) is 0 Å². The predicted octanol–water partition coefficient (Wildman–Crippen LogP) is 4.24. The van der Waals surface area contributed by atoms with Gasteiger partial charge in [-0.3, -0.25) is 9.58 Å². The average Bonchev–Trinajstić information content (AvgIpc) is 3.65. The maximum Gasteiger partial charge on any atom is 0.229 e. The fourth-order valence-electron chi connectivity index (χ4n) is 5.07. The van der Waals surface area contributed by atoms with Gasteiger partial charge in [0, 0.05) is 67.9 Å². The zero-order valence-electron chi connectivity index (χ0n) is 21.3. The smallest absolute Gasteiger partial charge is 0.229 e. The van der Waals surface area contributed by atoms with Gasteiger partial charge in [-0.25, -0.2) is 23.7 Å². The number of hydrogen-bond acceptors (Lipinski definition) is 7. The van der Waals surface area contributed by atoms with Crippen LogP contribution in [0.1, 0.15) is 35.7 Å². The van der Waals surface area contributed by atoms with Crippen molar-refractivity contribution in [3.05, 3.63) is 59.0 Å². The number of pyridine rings is 1. The van der Waals surface area contributed by atoms with E-state index in [0.717, 1.165) is 63.0 Å². The molecule has 37 heavy (non-hydrogen) atoms. The quantitative estimate of drug-likeness (QED) is 0.403. The van der Waals surface area contributed by atoms with Crippen LogP contribution in [0.15, 0.2) is 30.5 Å².